The van der Waals surface area contributed by atoms with Crippen LogP contribution in [0.4, 0.5) is 13.2 Å². The van der Waals surface area contributed by atoms with E-state index in [9.17, 15) is 18.0 Å². The van der Waals surface area contributed by atoms with Crippen molar-refractivity contribution in [2.75, 3.05) is 0 Å². The highest BCUT2D eigenvalue weighted by atomic mass is 32.1. The van der Waals surface area contributed by atoms with E-state index in [2.05, 4.69) is 15.1 Å². The number of thiophene rings is 1. The van der Waals surface area contributed by atoms with Crippen LogP contribution >= 0.6 is 22.7 Å². The van der Waals surface area contributed by atoms with Gasteiger partial charge in [0.2, 0.25) is 5.88 Å². The molecule has 0 aliphatic carbocycles. The molecule has 13 heteroatoms. The monoisotopic (exact) mass is 520 g/mol. The first kappa shape index (κ1) is 24.3. The number of aryl methyl sites for hydroxylation is 1. The van der Waals surface area contributed by atoms with E-state index in [4.69, 9.17) is 14.6 Å². The summed E-state index contributed by atoms with van der Waals surface area (Å²) in [5, 5.41) is 14.9. The summed E-state index contributed by atoms with van der Waals surface area (Å²) in [4.78, 5) is 30.3. The van der Waals surface area contributed by atoms with Gasteiger partial charge in [-0.05, 0) is 29.8 Å². The predicted octanol–water partition coefficient (Wildman–Crippen LogP) is 4.88. The highest BCUT2D eigenvalue weighted by Gasteiger charge is 2.38. The molecular formula is C22H15F3N4O4S2. The third kappa shape index (κ3) is 5.30. The lowest BCUT2D eigenvalue weighted by molar-refractivity contribution is -0.192. The van der Waals surface area contributed by atoms with Crippen LogP contribution in [-0.2, 0) is 18.4 Å². The second-order valence-electron chi connectivity index (χ2n) is 6.99. The zero-order valence-electron chi connectivity index (χ0n) is 17.8. The SMILES string of the molecule is Cn1nc(OCc2nc3ccccc3s2)c2scc(-c3ccncc3)c2c1=O.O=C(O)C(F)(F)F. The fourth-order valence-corrected chi connectivity index (χ4v) is 4.95. The molecule has 5 rings (SSSR count). The van der Waals surface area contributed by atoms with Gasteiger partial charge in [0.25, 0.3) is 5.56 Å². The Morgan fingerprint density at radius 2 is 1.86 bits per heavy atom. The summed E-state index contributed by atoms with van der Waals surface area (Å²) in [7, 11) is 1.64. The van der Waals surface area contributed by atoms with Crippen molar-refractivity contribution in [3.05, 3.63) is 69.5 Å². The summed E-state index contributed by atoms with van der Waals surface area (Å²) in [5.74, 6) is -2.31. The Hall–Kier alpha value is -3.84. The van der Waals surface area contributed by atoms with Crippen molar-refractivity contribution < 1.29 is 27.8 Å². The molecule has 4 heterocycles. The van der Waals surface area contributed by atoms with Gasteiger partial charge in [-0.3, -0.25) is 9.78 Å². The fourth-order valence-electron chi connectivity index (χ4n) is 3.07. The van der Waals surface area contributed by atoms with Crippen LogP contribution in [0.3, 0.4) is 0 Å². The van der Waals surface area contributed by atoms with E-state index in [1.807, 2.05) is 41.8 Å². The summed E-state index contributed by atoms with van der Waals surface area (Å²) in [6.45, 7) is 0.308. The highest BCUT2D eigenvalue weighted by Crippen LogP contribution is 2.36. The van der Waals surface area contributed by atoms with E-state index in [1.165, 1.54) is 16.0 Å². The number of halogens is 3. The second kappa shape index (κ2) is 9.80. The minimum Gasteiger partial charge on any atom is -0.475 e. The largest absolute Gasteiger partial charge is 0.490 e. The van der Waals surface area contributed by atoms with Crippen LogP contribution in [0, 0.1) is 0 Å². The number of thiazole rings is 1. The van der Waals surface area contributed by atoms with Crippen molar-refractivity contribution in [3.8, 4) is 17.0 Å². The minimum absolute atomic E-state index is 0.143. The van der Waals surface area contributed by atoms with Crippen LogP contribution in [0.1, 0.15) is 5.01 Å². The number of alkyl halides is 3. The van der Waals surface area contributed by atoms with Gasteiger partial charge < -0.3 is 9.84 Å². The number of carbonyl (C=O) groups is 1. The number of aromatic nitrogens is 4. The molecule has 1 aromatic carbocycles. The van der Waals surface area contributed by atoms with Crippen molar-refractivity contribution in [2.24, 2.45) is 7.05 Å². The fraction of sp³-hybridized carbons (Fsp3) is 0.136. The molecule has 0 unspecified atom stereocenters. The molecule has 0 radical (unpaired) electrons. The second-order valence-corrected chi connectivity index (χ2v) is 8.99. The van der Waals surface area contributed by atoms with Crippen molar-refractivity contribution in [1.29, 1.82) is 0 Å². The molecule has 0 bridgehead atoms. The van der Waals surface area contributed by atoms with E-state index in [0.29, 0.717) is 17.9 Å². The summed E-state index contributed by atoms with van der Waals surface area (Å²) in [6, 6.07) is 11.8. The van der Waals surface area contributed by atoms with Crippen LogP contribution in [-0.4, -0.2) is 37.0 Å². The van der Waals surface area contributed by atoms with Crippen LogP contribution in [0.2, 0.25) is 0 Å². The Bertz CT molecular complexity index is 1530. The number of benzene rings is 1. The predicted molar refractivity (Wildman–Crippen MR) is 126 cm³/mol. The topological polar surface area (TPSA) is 107 Å². The lowest BCUT2D eigenvalue weighted by Gasteiger charge is -2.07. The Labute approximate surface area is 202 Å². The summed E-state index contributed by atoms with van der Waals surface area (Å²) >= 11 is 3.06. The molecular weight excluding hydrogens is 505 g/mol. The smallest absolute Gasteiger partial charge is 0.475 e. The van der Waals surface area contributed by atoms with Gasteiger partial charge in [-0.25, -0.2) is 14.5 Å². The van der Waals surface area contributed by atoms with Gasteiger partial charge >= 0.3 is 12.1 Å². The van der Waals surface area contributed by atoms with Gasteiger partial charge in [0.1, 0.15) is 16.3 Å². The van der Waals surface area contributed by atoms with Crippen LogP contribution in [0.5, 0.6) is 5.88 Å². The number of nitrogens with zero attached hydrogens (tertiary/aromatic N) is 4. The number of rotatable bonds is 4. The Kier molecular flexibility index (Phi) is 6.80. The summed E-state index contributed by atoms with van der Waals surface area (Å²) < 4.78 is 40.9. The summed E-state index contributed by atoms with van der Waals surface area (Å²) in [5.41, 5.74) is 2.63. The van der Waals surface area contributed by atoms with Crippen LogP contribution in [0.25, 0.3) is 31.4 Å². The maximum absolute atomic E-state index is 12.8. The average Bonchev–Trinajstić information content (AvgIpc) is 3.45. The summed E-state index contributed by atoms with van der Waals surface area (Å²) in [6.07, 6.45) is -1.65. The molecule has 4 aromatic heterocycles. The van der Waals surface area contributed by atoms with E-state index < -0.39 is 12.1 Å². The number of para-hydroxylation sites is 1. The molecule has 5 aromatic rings. The van der Waals surface area contributed by atoms with Gasteiger partial charge in [0, 0.05) is 30.4 Å². The van der Waals surface area contributed by atoms with Gasteiger partial charge in [-0.1, -0.05) is 12.1 Å². The minimum atomic E-state index is -5.08. The van der Waals surface area contributed by atoms with Crippen molar-refractivity contribution >= 4 is 48.9 Å². The molecule has 0 aliphatic rings. The Morgan fingerprint density at radius 1 is 1.17 bits per heavy atom. The lowest BCUT2D eigenvalue weighted by atomic mass is 10.1. The number of hydrogen-bond donors (Lipinski definition) is 1. The first-order chi connectivity index (χ1) is 16.6. The molecule has 0 atom stereocenters. The van der Waals surface area contributed by atoms with Crippen molar-refractivity contribution in [1.82, 2.24) is 19.7 Å². The molecule has 0 amide bonds. The number of fused-ring (bicyclic) bond motifs is 2. The highest BCUT2D eigenvalue weighted by molar-refractivity contribution is 7.18. The molecule has 0 spiro atoms. The van der Waals surface area contributed by atoms with Gasteiger partial charge in [-0.2, -0.15) is 13.2 Å². The van der Waals surface area contributed by atoms with Gasteiger partial charge in [-0.15, -0.1) is 27.8 Å². The third-order valence-electron chi connectivity index (χ3n) is 4.64. The van der Waals surface area contributed by atoms with Crippen molar-refractivity contribution in [3.63, 3.8) is 0 Å². The standard InChI is InChI=1S/C20H14N4O2S2.C2HF3O2/c1-24-20(25)17-13(12-6-8-21-9-7-12)11-27-18(17)19(23-24)26-10-16-22-14-4-2-3-5-15(14)28-16;3-2(4,5)1(6)7/h2-9,11H,10H2,1H3;(H,6,7). The quantitative estimate of drug-likeness (QED) is 0.360. The van der Waals surface area contributed by atoms with Crippen molar-refractivity contribution in [2.45, 2.75) is 12.8 Å². The average molecular weight is 521 g/mol. The van der Waals surface area contributed by atoms with E-state index in [0.717, 1.165) is 31.1 Å². The molecule has 1 N–H and O–H groups in total. The number of carboxylic acids is 1. The lowest BCUT2D eigenvalue weighted by Crippen LogP contribution is -2.21. The third-order valence-corrected chi connectivity index (χ3v) is 6.62. The van der Waals surface area contributed by atoms with Crippen LogP contribution in [0.15, 0.2) is 59.0 Å². The van der Waals surface area contributed by atoms with Crippen LogP contribution < -0.4 is 10.3 Å². The molecule has 180 valence electrons. The van der Waals surface area contributed by atoms with E-state index >= 15 is 0 Å². The Balaban J connectivity index is 0.000000364. The molecule has 8 nitrogen and oxygen atoms in total. The van der Waals surface area contributed by atoms with E-state index in [-0.39, 0.29) is 5.56 Å². The zero-order valence-corrected chi connectivity index (χ0v) is 19.4. The number of carboxylic acid groups (broad SMARTS) is 1. The van der Waals surface area contributed by atoms with E-state index in [1.54, 1.807) is 30.8 Å². The molecule has 0 aliphatic heterocycles. The zero-order chi connectivity index (χ0) is 25.2. The molecule has 0 saturated carbocycles. The maximum Gasteiger partial charge on any atom is 0.490 e. The molecule has 35 heavy (non-hydrogen) atoms. The van der Waals surface area contributed by atoms with Gasteiger partial charge in [0.15, 0.2) is 0 Å². The number of hydrogen-bond acceptors (Lipinski definition) is 8. The molecule has 0 fully saturated rings. The number of ether oxygens (including phenoxy) is 1. The first-order valence-electron chi connectivity index (χ1n) is 9.81. The number of aliphatic carboxylic acids is 1. The first-order valence-corrected chi connectivity index (χ1v) is 11.5. The normalized spacial score (nSPS) is 11.3. The molecule has 0 saturated heterocycles. The maximum atomic E-state index is 12.8. The Morgan fingerprint density at radius 3 is 2.51 bits per heavy atom. The van der Waals surface area contributed by atoms with Gasteiger partial charge in [0.05, 0.1) is 15.6 Å². The number of pyridine rings is 1.